The minimum absolute atomic E-state index is 0.0885. The summed E-state index contributed by atoms with van der Waals surface area (Å²) in [6.07, 6.45) is 0. The van der Waals surface area contributed by atoms with Crippen LogP contribution in [0.3, 0.4) is 0 Å². The predicted molar refractivity (Wildman–Crippen MR) is 133 cm³/mol. The molecule has 3 aromatic carbocycles. The second-order valence-electron chi connectivity index (χ2n) is 7.59. The molecule has 7 heteroatoms. The van der Waals surface area contributed by atoms with Gasteiger partial charge >= 0.3 is 0 Å². The molecular formula is C26H26N4O2S. The molecule has 0 saturated heterocycles. The van der Waals surface area contributed by atoms with Crippen LogP contribution in [0.15, 0.2) is 78.0 Å². The van der Waals surface area contributed by atoms with Crippen LogP contribution >= 0.6 is 11.8 Å². The Morgan fingerprint density at radius 3 is 2.45 bits per heavy atom. The number of thioether (sulfide) groups is 1. The van der Waals surface area contributed by atoms with Crippen LogP contribution in [-0.4, -0.2) is 33.0 Å². The summed E-state index contributed by atoms with van der Waals surface area (Å²) in [4.78, 5) is 12.7. The van der Waals surface area contributed by atoms with Gasteiger partial charge in [-0.15, -0.1) is 10.2 Å². The molecule has 0 spiro atoms. The van der Waals surface area contributed by atoms with E-state index >= 15 is 0 Å². The molecule has 4 rings (SSSR count). The first-order valence-electron chi connectivity index (χ1n) is 10.8. The summed E-state index contributed by atoms with van der Waals surface area (Å²) >= 11 is 1.35. The highest BCUT2D eigenvalue weighted by Crippen LogP contribution is 2.29. The lowest BCUT2D eigenvalue weighted by atomic mass is 10.1. The summed E-state index contributed by atoms with van der Waals surface area (Å²) in [5.74, 6) is 1.65. The molecule has 4 aromatic rings. The third-order valence-corrected chi connectivity index (χ3v) is 5.99. The van der Waals surface area contributed by atoms with E-state index in [1.54, 1.807) is 0 Å². The van der Waals surface area contributed by atoms with Gasteiger partial charge in [0.05, 0.1) is 12.4 Å². The van der Waals surface area contributed by atoms with Crippen LogP contribution in [0.25, 0.3) is 17.1 Å². The molecule has 1 amide bonds. The molecule has 1 heterocycles. The first-order valence-corrected chi connectivity index (χ1v) is 11.8. The zero-order valence-corrected chi connectivity index (χ0v) is 19.7. The van der Waals surface area contributed by atoms with Crippen molar-refractivity contribution in [3.8, 4) is 22.8 Å². The van der Waals surface area contributed by atoms with Crippen molar-refractivity contribution in [3.05, 3.63) is 83.9 Å². The Balaban J connectivity index is 1.58. The Kier molecular flexibility index (Phi) is 7.10. The number of hydrogen-bond acceptors (Lipinski definition) is 5. The summed E-state index contributed by atoms with van der Waals surface area (Å²) in [6.45, 7) is 6.59. The van der Waals surface area contributed by atoms with Crippen LogP contribution < -0.4 is 10.1 Å². The molecule has 0 unspecified atom stereocenters. The predicted octanol–water partition coefficient (Wildman–Crippen LogP) is 5.68. The summed E-state index contributed by atoms with van der Waals surface area (Å²) in [5.41, 5.74) is 4.88. The van der Waals surface area contributed by atoms with Crippen molar-refractivity contribution in [2.45, 2.75) is 25.9 Å². The summed E-state index contributed by atoms with van der Waals surface area (Å²) in [6, 6.07) is 23.7. The lowest BCUT2D eigenvalue weighted by Gasteiger charge is -2.12. The van der Waals surface area contributed by atoms with Gasteiger partial charge in [0.2, 0.25) is 5.91 Å². The van der Waals surface area contributed by atoms with E-state index in [1.807, 2.05) is 92.1 Å². The van der Waals surface area contributed by atoms with E-state index in [4.69, 9.17) is 4.74 Å². The highest BCUT2D eigenvalue weighted by atomic mass is 32.2. The minimum Gasteiger partial charge on any atom is -0.494 e. The number of aryl methyl sites for hydroxylation is 2. The van der Waals surface area contributed by atoms with Gasteiger partial charge in [0, 0.05) is 16.9 Å². The Bertz CT molecular complexity index is 1240. The number of aromatic nitrogens is 3. The lowest BCUT2D eigenvalue weighted by molar-refractivity contribution is -0.113. The van der Waals surface area contributed by atoms with Crippen molar-refractivity contribution >= 4 is 23.4 Å². The van der Waals surface area contributed by atoms with Gasteiger partial charge in [0.25, 0.3) is 0 Å². The van der Waals surface area contributed by atoms with Crippen molar-refractivity contribution in [1.29, 1.82) is 0 Å². The zero-order valence-electron chi connectivity index (χ0n) is 18.9. The van der Waals surface area contributed by atoms with Crippen LogP contribution in [0.1, 0.15) is 18.1 Å². The van der Waals surface area contributed by atoms with E-state index < -0.39 is 0 Å². The Morgan fingerprint density at radius 2 is 1.76 bits per heavy atom. The normalized spacial score (nSPS) is 10.8. The van der Waals surface area contributed by atoms with Gasteiger partial charge in [-0.2, -0.15) is 0 Å². The smallest absolute Gasteiger partial charge is 0.234 e. The number of ether oxygens (including phenoxy) is 1. The second kappa shape index (κ2) is 10.4. The molecule has 33 heavy (non-hydrogen) atoms. The fourth-order valence-electron chi connectivity index (χ4n) is 3.50. The number of hydrogen-bond donors (Lipinski definition) is 1. The molecule has 0 bridgehead atoms. The third-order valence-electron chi connectivity index (χ3n) is 5.06. The largest absolute Gasteiger partial charge is 0.494 e. The van der Waals surface area contributed by atoms with Crippen molar-refractivity contribution in [3.63, 3.8) is 0 Å². The second-order valence-corrected chi connectivity index (χ2v) is 8.53. The van der Waals surface area contributed by atoms with Gasteiger partial charge < -0.3 is 10.1 Å². The first-order chi connectivity index (χ1) is 16.0. The number of nitrogens with one attached hydrogen (secondary N) is 1. The Morgan fingerprint density at radius 1 is 1.00 bits per heavy atom. The number of anilines is 1. The maximum Gasteiger partial charge on any atom is 0.234 e. The summed E-state index contributed by atoms with van der Waals surface area (Å²) in [5, 5.41) is 12.5. The quantitative estimate of drug-likeness (QED) is 0.344. The van der Waals surface area contributed by atoms with Gasteiger partial charge in [0.1, 0.15) is 5.75 Å². The molecular weight excluding hydrogens is 432 g/mol. The summed E-state index contributed by atoms with van der Waals surface area (Å²) < 4.78 is 7.55. The highest BCUT2D eigenvalue weighted by molar-refractivity contribution is 7.99. The zero-order chi connectivity index (χ0) is 23.2. The number of amides is 1. The topological polar surface area (TPSA) is 69.0 Å². The molecule has 1 N–H and O–H groups in total. The molecule has 0 saturated carbocycles. The highest BCUT2D eigenvalue weighted by Gasteiger charge is 2.17. The molecule has 0 atom stereocenters. The number of nitrogens with zero attached hydrogens (tertiary/aromatic N) is 3. The van der Waals surface area contributed by atoms with Crippen molar-refractivity contribution < 1.29 is 9.53 Å². The number of rotatable bonds is 8. The van der Waals surface area contributed by atoms with E-state index in [-0.39, 0.29) is 11.7 Å². The molecule has 0 aliphatic carbocycles. The van der Waals surface area contributed by atoms with Gasteiger partial charge in [-0.25, -0.2) is 0 Å². The molecule has 0 fully saturated rings. The fraction of sp³-hybridized carbons (Fsp3) is 0.192. The lowest BCUT2D eigenvalue weighted by Crippen LogP contribution is -2.15. The summed E-state index contributed by atoms with van der Waals surface area (Å²) in [7, 11) is 0. The minimum atomic E-state index is -0.0885. The van der Waals surface area contributed by atoms with Gasteiger partial charge in [-0.3, -0.25) is 9.36 Å². The van der Waals surface area contributed by atoms with Crippen molar-refractivity contribution in [2.24, 2.45) is 0 Å². The number of carbonyl (C=O) groups is 1. The average molecular weight is 459 g/mol. The van der Waals surface area contributed by atoms with Crippen molar-refractivity contribution in [1.82, 2.24) is 14.8 Å². The fourth-order valence-corrected chi connectivity index (χ4v) is 4.25. The van der Waals surface area contributed by atoms with Crippen molar-refractivity contribution in [2.75, 3.05) is 17.7 Å². The maximum absolute atomic E-state index is 12.7. The van der Waals surface area contributed by atoms with Gasteiger partial charge in [0.15, 0.2) is 11.0 Å². The molecule has 6 nitrogen and oxygen atoms in total. The standard InChI is InChI=1S/C26H26N4O2S/c1-4-32-22-13-11-21(12-14-22)30-25(20-8-6-5-7-9-20)28-29-26(30)33-17-24(31)27-23-15-10-18(2)16-19(23)3/h5-16H,4,17H2,1-3H3,(H,27,31). The Hall–Kier alpha value is -3.58. The SMILES string of the molecule is CCOc1ccc(-n2c(SCC(=O)Nc3ccc(C)cc3C)nnc2-c2ccccc2)cc1. The Labute approximate surface area is 198 Å². The van der Waals surface area contributed by atoms with Crippen LogP contribution in [-0.2, 0) is 4.79 Å². The van der Waals surface area contributed by atoms with E-state index in [0.29, 0.717) is 11.8 Å². The maximum atomic E-state index is 12.7. The number of benzene rings is 3. The monoisotopic (exact) mass is 458 g/mol. The average Bonchev–Trinajstić information content (AvgIpc) is 3.25. The van der Waals surface area contributed by atoms with Gasteiger partial charge in [-0.05, 0) is 56.7 Å². The van der Waals surface area contributed by atoms with E-state index in [2.05, 4.69) is 21.6 Å². The van der Waals surface area contributed by atoms with Crippen LogP contribution in [0.5, 0.6) is 5.75 Å². The molecule has 1 aromatic heterocycles. The van der Waals surface area contributed by atoms with E-state index in [0.717, 1.165) is 39.6 Å². The van der Waals surface area contributed by atoms with Crippen LogP contribution in [0.2, 0.25) is 0 Å². The van der Waals surface area contributed by atoms with Crippen LogP contribution in [0, 0.1) is 13.8 Å². The van der Waals surface area contributed by atoms with E-state index in [9.17, 15) is 4.79 Å². The third kappa shape index (κ3) is 5.43. The first kappa shape index (κ1) is 22.6. The molecule has 0 aliphatic rings. The molecule has 0 radical (unpaired) electrons. The molecule has 0 aliphatic heterocycles. The van der Waals surface area contributed by atoms with Crippen LogP contribution in [0.4, 0.5) is 5.69 Å². The number of carbonyl (C=O) groups excluding carboxylic acids is 1. The van der Waals surface area contributed by atoms with E-state index in [1.165, 1.54) is 11.8 Å². The van der Waals surface area contributed by atoms with Gasteiger partial charge in [-0.1, -0.05) is 59.8 Å². The molecule has 168 valence electrons.